The quantitative estimate of drug-likeness (QED) is 0.345. The SMILES string of the molecule is O=C(c1ccc(F)cc1Cc1ccccc1)c1ccc(F)cc1Cc1ccccc1. The molecule has 4 aromatic carbocycles. The van der Waals surface area contributed by atoms with Crippen LogP contribution in [-0.2, 0) is 12.8 Å². The van der Waals surface area contributed by atoms with E-state index in [2.05, 4.69) is 0 Å². The van der Waals surface area contributed by atoms with Gasteiger partial charge in [-0.2, -0.15) is 0 Å². The van der Waals surface area contributed by atoms with Crippen LogP contribution in [0.5, 0.6) is 0 Å². The van der Waals surface area contributed by atoms with Gasteiger partial charge in [0.2, 0.25) is 0 Å². The Labute approximate surface area is 174 Å². The molecule has 0 radical (unpaired) electrons. The molecule has 30 heavy (non-hydrogen) atoms. The Kier molecular flexibility index (Phi) is 5.80. The van der Waals surface area contributed by atoms with Crippen LogP contribution in [0.2, 0.25) is 0 Å². The molecule has 1 nitrogen and oxygen atoms in total. The van der Waals surface area contributed by atoms with E-state index in [0.29, 0.717) is 35.1 Å². The zero-order chi connectivity index (χ0) is 20.9. The first-order valence-corrected chi connectivity index (χ1v) is 9.79. The molecule has 0 aromatic heterocycles. The van der Waals surface area contributed by atoms with Gasteiger partial charge in [0.15, 0.2) is 5.78 Å². The summed E-state index contributed by atoms with van der Waals surface area (Å²) in [5.41, 5.74) is 4.06. The van der Waals surface area contributed by atoms with E-state index in [4.69, 9.17) is 0 Å². The van der Waals surface area contributed by atoms with Gasteiger partial charge in [-0.25, -0.2) is 8.78 Å². The molecule has 0 saturated heterocycles. The summed E-state index contributed by atoms with van der Waals surface area (Å²) in [6.45, 7) is 0. The minimum Gasteiger partial charge on any atom is -0.289 e. The highest BCUT2D eigenvalue weighted by atomic mass is 19.1. The fraction of sp³-hybridized carbons (Fsp3) is 0.0741. The Bertz CT molecular complexity index is 1080. The number of carbonyl (C=O) groups excluding carboxylic acids is 1. The van der Waals surface area contributed by atoms with Gasteiger partial charge >= 0.3 is 0 Å². The summed E-state index contributed by atoms with van der Waals surface area (Å²) in [6.07, 6.45) is 0.879. The largest absolute Gasteiger partial charge is 0.289 e. The Morgan fingerprint density at radius 1 is 0.567 bits per heavy atom. The van der Waals surface area contributed by atoms with Gasteiger partial charge in [0.25, 0.3) is 0 Å². The number of halogens is 2. The molecule has 0 atom stereocenters. The third-order valence-electron chi connectivity index (χ3n) is 5.10. The van der Waals surface area contributed by atoms with Crippen molar-refractivity contribution < 1.29 is 13.6 Å². The maximum Gasteiger partial charge on any atom is 0.193 e. The van der Waals surface area contributed by atoms with E-state index in [1.807, 2.05) is 60.7 Å². The van der Waals surface area contributed by atoms with Gasteiger partial charge in [0, 0.05) is 11.1 Å². The summed E-state index contributed by atoms with van der Waals surface area (Å²) in [4.78, 5) is 13.4. The van der Waals surface area contributed by atoms with Crippen molar-refractivity contribution in [2.75, 3.05) is 0 Å². The van der Waals surface area contributed by atoms with Gasteiger partial charge in [-0.05, 0) is 71.5 Å². The molecular weight excluding hydrogens is 378 g/mol. The van der Waals surface area contributed by atoms with Crippen molar-refractivity contribution in [3.8, 4) is 0 Å². The van der Waals surface area contributed by atoms with Crippen molar-refractivity contribution in [1.82, 2.24) is 0 Å². The second-order valence-corrected chi connectivity index (χ2v) is 7.26. The summed E-state index contributed by atoms with van der Waals surface area (Å²) in [5.74, 6) is -1.01. The molecule has 3 heteroatoms. The van der Waals surface area contributed by atoms with Crippen LogP contribution < -0.4 is 0 Å². The molecular formula is C27H20F2O. The highest BCUT2D eigenvalue weighted by Crippen LogP contribution is 2.24. The van der Waals surface area contributed by atoms with E-state index in [9.17, 15) is 13.6 Å². The summed E-state index contributed by atoms with van der Waals surface area (Å²) in [6, 6.07) is 27.7. The van der Waals surface area contributed by atoms with Crippen LogP contribution in [0.4, 0.5) is 8.78 Å². The van der Waals surface area contributed by atoms with E-state index >= 15 is 0 Å². The Morgan fingerprint density at radius 3 is 1.37 bits per heavy atom. The summed E-state index contributed by atoms with van der Waals surface area (Å²) in [5, 5.41) is 0. The zero-order valence-electron chi connectivity index (χ0n) is 16.3. The first kappa shape index (κ1) is 19.7. The van der Waals surface area contributed by atoms with Crippen LogP contribution in [0.15, 0.2) is 97.1 Å². The van der Waals surface area contributed by atoms with Crippen LogP contribution in [0, 0.1) is 11.6 Å². The van der Waals surface area contributed by atoms with Crippen molar-refractivity contribution in [2.24, 2.45) is 0 Å². The number of carbonyl (C=O) groups is 1. The van der Waals surface area contributed by atoms with E-state index in [0.717, 1.165) is 11.1 Å². The third-order valence-corrected chi connectivity index (χ3v) is 5.10. The molecule has 0 saturated carbocycles. The minimum atomic E-state index is -0.388. The highest BCUT2D eigenvalue weighted by Gasteiger charge is 2.19. The van der Waals surface area contributed by atoms with Gasteiger partial charge in [-0.1, -0.05) is 60.7 Å². The molecule has 0 N–H and O–H groups in total. The lowest BCUT2D eigenvalue weighted by Crippen LogP contribution is -2.10. The number of rotatable bonds is 6. The average Bonchev–Trinajstić information content (AvgIpc) is 2.75. The van der Waals surface area contributed by atoms with Crippen molar-refractivity contribution >= 4 is 5.78 Å². The van der Waals surface area contributed by atoms with E-state index in [1.165, 1.54) is 36.4 Å². The molecule has 0 amide bonds. The molecule has 0 unspecified atom stereocenters. The van der Waals surface area contributed by atoms with E-state index in [-0.39, 0.29) is 17.4 Å². The fourth-order valence-corrected chi connectivity index (χ4v) is 3.64. The molecule has 0 aliphatic heterocycles. The van der Waals surface area contributed by atoms with Crippen LogP contribution in [0.3, 0.4) is 0 Å². The predicted octanol–water partition coefficient (Wildman–Crippen LogP) is 6.38. The monoisotopic (exact) mass is 398 g/mol. The molecule has 0 spiro atoms. The van der Waals surface area contributed by atoms with Gasteiger partial charge in [-0.15, -0.1) is 0 Å². The smallest absolute Gasteiger partial charge is 0.193 e. The Hall–Kier alpha value is -3.59. The van der Waals surface area contributed by atoms with Gasteiger partial charge in [-0.3, -0.25) is 4.79 Å². The topological polar surface area (TPSA) is 17.1 Å². The number of benzene rings is 4. The maximum atomic E-state index is 14.0. The average molecular weight is 398 g/mol. The lowest BCUT2D eigenvalue weighted by molar-refractivity contribution is 0.103. The second kappa shape index (κ2) is 8.83. The maximum absolute atomic E-state index is 14.0. The molecule has 0 fully saturated rings. The third kappa shape index (κ3) is 4.52. The van der Waals surface area contributed by atoms with Crippen molar-refractivity contribution in [1.29, 1.82) is 0 Å². The van der Waals surface area contributed by atoms with E-state index < -0.39 is 0 Å². The van der Waals surface area contributed by atoms with Crippen molar-refractivity contribution in [3.63, 3.8) is 0 Å². The molecule has 0 heterocycles. The number of hydrogen-bond donors (Lipinski definition) is 0. The first-order chi connectivity index (χ1) is 14.6. The molecule has 148 valence electrons. The molecule has 4 aromatic rings. The van der Waals surface area contributed by atoms with Gasteiger partial charge < -0.3 is 0 Å². The summed E-state index contributed by atoms with van der Waals surface area (Å²) >= 11 is 0. The lowest BCUT2D eigenvalue weighted by Gasteiger charge is -2.13. The van der Waals surface area contributed by atoms with Crippen LogP contribution in [0.25, 0.3) is 0 Å². The van der Waals surface area contributed by atoms with E-state index in [1.54, 1.807) is 0 Å². The molecule has 0 aliphatic rings. The molecule has 0 bridgehead atoms. The standard InChI is InChI=1S/C27H20F2O/c28-23-11-13-25(21(17-23)15-19-7-3-1-4-8-19)27(30)26-14-12-24(29)18-22(26)16-20-9-5-2-6-10-20/h1-14,17-18H,15-16H2. The minimum absolute atomic E-state index is 0.230. The highest BCUT2D eigenvalue weighted by molar-refractivity contribution is 6.11. The summed E-state index contributed by atoms with van der Waals surface area (Å²) in [7, 11) is 0. The van der Waals surface area contributed by atoms with Gasteiger partial charge in [0.1, 0.15) is 11.6 Å². The van der Waals surface area contributed by atoms with Crippen LogP contribution in [-0.4, -0.2) is 5.78 Å². The summed E-state index contributed by atoms with van der Waals surface area (Å²) < 4.78 is 27.9. The number of ketones is 1. The van der Waals surface area contributed by atoms with Crippen molar-refractivity contribution in [3.05, 3.63) is 142 Å². The Morgan fingerprint density at radius 2 is 0.967 bits per heavy atom. The second-order valence-electron chi connectivity index (χ2n) is 7.26. The molecule has 4 rings (SSSR count). The normalized spacial score (nSPS) is 10.7. The fourth-order valence-electron chi connectivity index (χ4n) is 3.64. The first-order valence-electron chi connectivity index (χ1n) is 9.79. The number of hydrogen-bond acceptors (Lipinski definition) is 1. The lowest BCUT2D eigenvalue weighted by atomic mass is 9.90. The molecule has 0 aliphatic carbocycles. The van der Waals surface area contributed by atoms with Crippen molar-refractivity contribution in [2.45, 2.75) is 12.8 Å². The van der Waals surface area contributed by atoms with Crippen LogP contribution >= 0.6 is 0 Å². The Balaban J connectivity index is 1.73. The predicted molar refractivity (Wildman–Crippen MR) is 115 cm³/mol. The van der Waals surface area contributed by atoms with Crippen LogP contribution in [0.1, 0.15) is 38.2 Å². The van der Waals surface area contributed by atoms with Gasteiger partial charge in [0.05, 0.1) is 0 Å². The zero-order valence-corrected chi connectivity index (χ0v) is 16.3.